The quantitative estimate of drug-likeness (QED) is 0.0521. The molecule has 0 atom stereocenters. The number of phenolic OH excluding ortho intramolecular Hbond substituents is 1. The minimum Gasteiger partial charge on any atom is -0.505 e. The van der Waals surface area contributed by atoms with Crippen LogP contribution in [0.25, 0.3) is 10.8 Å². The molecule has 0 saturated carbocycles. The summed E-state index contributed by atoms with van der Waals surface area (Å²) in [4.78, 5) is -0.391. The third kappa shape index (κ3) is 11.1. The van der Waals surface area contributed by atoms with Gasteiger partial charge in [0.1, 0.15) is 22.0 Å². The second kappa shape index (κ2) is 19.5. The summed E-state index contributed by atoms with van der Waals surface area (Å²) in [6.07, 6.45) is 1.73. The first-order valence-electron chi connectivity index (χ1n) is 20.2. The molecule has 0 saturated heterocycles. The third-order valence-electron chi connectivity index (χ3n) is 9.96. The highest BCUT2D eigenvalue weighted by Gasteiger charge is 2.17. The fraction of sp³-hybridized carbons (Fsp3) is 0.167. The summed E-state index contributed by atoms with van der Waals surface area (Å²) in [6.45, 7) is 10.0. The Morgan fingerprint density at radius 3 is 1.70 bits per heavy atom. The van der Waals surface area contributed by atoms with Crippen LogP contribution in [0, 0.1) is 27.7 Å². The maximum Gasteiger partial charge on any atom is 0.296 e. The number of benzene rings is 7. The Labute approximate surface area is 365 Å². The van der Waals surface area contributed by atoms with Gasteiger partial charge in [0.25, 0.3) is 10.1 Å². The topological polar surface area (TPSA) is 195 Å². The Balaban J connectivity index is 0.987. The van der Waals surface area contributed by atoms with E-state index in [0.29, 0.717) is 57.6 Å². The molecule has 0 spiro atoms. The number of aryl methyl sites for hydroxylation is 4. The van der Waals surface area contributed by atoms with Crippen LogP contribution in [0.5, 0.6) is 11.5 Å². The number of nitrogens with one attached hydrogen (secondary N) is 1. The molecule has 0 bridgehead atoms. The fourth-order valence-electron chi connectivity index (χ4n) is 6.42. The van der Waals surface area contributed by atoms with Crippen LogP contribution in [0.3, 0.4) is 0 Å². The lowest BCUT2D eigenvalue weighted by atomic mass is 10.1. The van der Waals surface area contributed by atoms with Gasteiger partial charge in [0, 0.05) is 22.8 Å². The van der Waals surface area contributed by atoms with E-state index in [4.69, 9.17) is 4.74 Å². The number of unbranched alkanes of at least 4 members (excludes halogenated alkanes) is 1. The van der Waals surface area contributed by atoms with Gasteiger partial charge in [0.15, 0.2) is 5.75 Å². The summed E-state index contributed by atoms with van der Waals surface area (Å²) in [5, 5.41) is 51.0. The molecule has 318 valence electrons. The number of para-hydroxylation sites is 1. The van der Waals surface area contributed by atoms with Crippen molar-refractivity contribution < 1.29 is 22.8 Å². The number of hydrogen-bond acceptors (Lipinski definition) is 13. The second-order valence-corrected chi connectivity index (χ2v) is 16.2. The molecule has 7 aromatic rings. The average Bonchev–Trinajstić information content (AvgIpc) is 3.26. The smallest absolute Gasteiger partial charge is 0.296 e. The van der Waals surface area contributed by atoms with Gasteiger partial charge < -0.3 is 15.2 Å². The number of phenols is 1. The van der Waals surface area contributed by atoms with E-state index in [1.807, 2.05) is 120 Å². The van der Waals surface area contributed by atoms with Crippen molar-refractivity contribution in [3.05, 3.63) is 150 Å². The number of azo groups is 4. The molecule has 63 heavy (non-hydrogen) atoms. The van der Waals surface area contributed by atoms with Crippen molar-refractivity contribution in [3.8, 4) is 11.5 Å². The highest BCUT2D eigenvalue weighted by Crippen LogP contribution is 2.39. The van der Waals surface area contributed by atoms with Gasteiger partial charge in [-0.25, -0.2) is 0 Å². The SMILES string of the molecule is CCCCOc1ccc(N=Nc2ccc(N=Nc3ccc(N=Nc4cc(C)c(N=Nc5ccc6cc(Nc7ccccc7)ccc6c5O)cc4C)cc3C)cc2C)c(S(=O)(=O)O)c1. The minimum atomic E-state index is -4.58. The van der Waals surface area contributed by atoms with Crippen LogP contribution in [0.2, 0.25) is 0 Å². The summed E-state index contributed by atoms with van der Waals surface area (Å²) >= 11 is 0. The summed E-state index contributed by atoms with van der Waals surface area (Å²) < 4.78 is 39.6. The van der Waals surface area contributed by atoms with Crippen molar-refractivity contribution in [2.75, 3.05) is 11.9 Å². The first kappa shape index (κ1) is 43.6. The predicted molar refractivity (Wildman–Crippen MR) is 247 cm³/mol. The monoisotopic (exact) mass is 859 g/mol. The highest BCUT2D eigenvalue weighted by atomic mass is 32.2. The molecule has 0 aliphatic carbocycles. The minimum absolute atomic E-state index is 0.0176. The van der Waals surface area contributed by atoms with Gasteiger partial charge in [-0.2, -0.15) is 39.1 Å². The number of ether oxygens (including phenoxy) is 1. The number of aromatic hydroxyl groups is 1. The Kier molecular flexibility index (Phi) is 13.5. The van der Waals surface area contributed by atoms with E-state index in [2.05, 4.69) is 46.2 Å². The van der Waals surface area contributed by atoms with Crippen molar-refractivity contribution in [2.45, 2.75) is 52.4 Å². The van der Waals surface area contributed by atoms with E-state index >= 15 is 0 Å². The Bertz CT molecular complexity index is 3040. The van der Waals surface area contributed by atoms with Gasteiger partial charge in [0.05, 0.1) is 40.7 Å². The number of hydrogen-bond donors (Lipinski definition) is 3. The Morgan fingerprint density at radius 1 is 0.540 bits per heavy atom. The summed E-state index contributed by atoms with van der Waals surface area (Å²) in [7, 11) is -4.58. The molecule has 15 heteroatoms. The first-order valence-corrected chi connectivity index (χ1v) is 21.6. The van der Waals surface area contributed by atoms with Gasteiger partial charge in [-0.05, 0) is 159 Å². The lowest BCUT2D eigenvalue weighted by Gasteiger charge is -2.09. The largest absolute Gasteiger partial charge is 0.505 e. The summed E-state index contributed by atoms with van der Waals surface area (Å²) in [5.41, 5.74) is 9.21. The predicted octanol–water partition coefficient (Wildman–Crippen LogP) is 15.6. The molecule has 0 aliphatic rings. The summed E-state index contributed by atoms with van der Waals surface area (Å²) in [6, 6.07) is 38.1. The molecule has 0 aliphatic heterocycles. The van der Waals surface area contributed by atoms with Crippen molar-refractivity contribution in [3.63, 3.8) is 0 Å². The van der Waals surface area contributed by atoms with Crippen molar-refractivity contribution in [1.29, 1.82) is 0 Å². The molecular weight excluding hydrogens is 815 g/mol. The van der Waals surface area contributed by atoms with Crippen molar-refractivity contribution in [1.82, 2.24) is 0 Å². The Hall–Kier alpha value is -7.49. The second-order valence-electron chi connectivity index (χ2n) is 14.8. The Morgan fingerprint density at radius 2 is 1.08 bits per heavy atom. The van der Waals surface area contributed by atoms with Crippen LogP contribution < -0.4 is 10.1 Å². The molecule has 0 radical (unpaired) electrons. The van der Waals surface area contributed by atoms with Crippen LogP contribution in [-0.4, -0.2) is 24.7 Å². The number of fused-ring (bicyclic) bond motifs is 1. The van der Waals surface area contributed by atoms with Gasteiger partial charge in [0.2, 0.25) is 0 Å². The van der Waals surface area contributed by atoms with Crippen molar-refractivity contribution >= 4 is 77.8 Å². The van der Waals surface area contributed by atoms with Gasteiger partial charge in [-0.15, -0.1) is 10.2 Å². The molecule has 7 aromatic carbocycles. The molecule has 0 amide bonds. The van der Waals surface area contributed by atoms with Crippen LogP contribution in [0.4, 0.5) is 56.9 Å². The average molecular weight is 860 g/mol. The van der Waals surface area contributed by atoms with Crippen LogP contribution >= 0.6 is 0 Å². The summed E-state index contributed by atoms with van der Waals surface area (Å²) in [5.74, 6) is 0.375. The standard InChI is InChI=1S/C48H45N9O5S/c1-6-7-23-62-39-17-22-43(47(29-39)63(59,60)61)54-53-42-21-16-37(25-31(42)3)50-52-41-20-15-38(24-30(41)2)51-56-45-26-33(5)46(27-32(45)4)57-55-44-19-13-34-28-36(14-18-40(34)48(44)58)49-35-11-9-8-10-12-35/h8-22,24-29,49,58H,6-7,23H2,1-5H3,(H,59,60,61). The molecular formula is C48H45N9O5S. The molecule has 0 unspecified atom stereocenters. The van der Waals surface area contributed by atoms with E-state index in [9.17, 15) is 18.1 Å². The van der Waals surface area contributed by atoms with Crippen LogP contribution in [0.1, 0.15) is 42.0 Å². The third-order valence-corrected chi connectivity index (χ3v) is 10.8. The van der Waals surface area contributed by atoms with Gasteiger partial charge in [-0.3, -0.25) is 4.55 Å². The lowest BCUT2D eigenvalue weighted by molar-refractivity contribution is 0.308. The number of anilines is 2. The lowest BCUT2D eigenvalue weighted by Crippen LogP contribution is -2.01. The van der Waals surface area contributed by atoms with Crippen LogP contribution in [-0.2, 0) is 10.1 Å². The van der Waals surface area contributed by atoms with E-state index in [1.54, 1.807) is 30.3 Å². The molecule has 0 fully saturated rings. The van der Waals surface area contributed by atoms with Crippen LogP contribution in [0.15, 0.2) is 173 Å². The molecule has 7 rings (SSSR count). The number of nitrogens with zero attached hydrogens (tertiary/aromatic N) is 8. The van der Waals surface area contributed by atoms with Gasteiger partial charge >= 0.3 is 0 Å². The zero-order valence-electron chi connectivity index (χ0n) is 35.4. The van der Waals surface area contributed by atoms with E-state index in [-0.39, 0.29) is 11.4 Å². The molecule has 0 aromatic heterocycles. The first-order chi connectivity index (χ1) is 30.3. The van der Waals surface area contributed by atoms with Crippen molar-refractivity contribution in [2.24, 2.45) is 40.9 Å². The molecule has 3 N–H and O–H groups in total. The normalized spacial score (nSPS) is 12.1. The molecule has 0 heterocycles. The van der Waals surface area contributed by atoms with E-state index in [0.717, 1.165) is 51.9 Å². The maximum atomic E-state index is 12.1. The van der Waals surface area contributed by atoms with E-state index < -0.39 is 15.0 Å². The maximum absolute atomic E-state index is 12.1. The number of rotatable bonds is 15. The highest BCUT2D eigenvalue weighted by molar-refractivity contribution is 7.86. The zero-order valence-corrected chi connectivity index (χ0v) is 36.2. The van der Waals surface area contributed by atoms with E-state index in [1.165, 1.54) is 12.1 Å². The molecule has 14 nitrogen and oxygen atoms in total. The zero-order chi connectivity index (χ0) is 44.5. The van der Waals surface area contributed by atoms with Gasteiger partial charge in [-0.1, -0.05) is 37.6 Å². The fourth-order valence-corrected chi connectivity index (χ4v) is 7.06.